The predicted octanol–water partition coefficient (Wildman–Crippen LogP) is 7.66. The van der Waals surface area contributed by atoms with Crippen LogP contribution in [0.25, 0.3) is 45.8 Å². The van der Waals surface area contributed by atoms with Crippen LogP contribution in [0.3, 0.4) is 0 Å². The number of benzene rings is 2. The molecule has 3 heterocycles. The summed E-state index contributed by atoms with van der Waals surface area (Å²) in [5, 5.41) is 0. The van der Waals surface area contributed by atoms with Gasteiger partial charge in [0.2, 0.25) is 0 Å². The maximum atomic E-state index is 4.92. The Morgan fingerprint density at radius 3 is 2.12 bits per heavy atom. The fourth-order valence-corrected chi connectivity index (χ4v) is 4.15. The van der Waals surface area contributed by atoms with Gasteiger partial charge >= 0.3 is 0 Å². The minimum Gasteiger partial charge on any atom is -0.264 e. The Morgan fingerprint density at radius 2 is 1.35 bits per heavy atom. The molecule has 5 aromatic rings. The molecule has 0 aliphatic rings. The van der Waals surface area contributed by atoms with Crippen molar-refractivity contribution < 1.29 is 0 Å². The van der Waals surface area contributed by atoms with Crippen LogP contribution in [0.15, 0.2) is 104 Å². The number of aryl methyl sites for hydroxylation is 2. The molecule has 34 heavy (non-hydrogen) atoms. The summed E-state index contributed by atoms with van der Waals surface area (Å²) in [5.74, 6) is 0. The van der Waals surface area contributed by atoms with E-state index in [-0.39, 0.29) is 0 Å². The highest BCUT2D eigenvalue weighted by molar-refractivity contribution is 5.82. The molecule has 0 spiro atoms. The van der Waals surface area contributed by atoms with Gasteiger partial charge in [-0.3, -0.25) is 15.0 Å². The zero-order chi connectivity index (χ0) is 23.3. The molecule has 0 unspecified atom stereocenters. The lowest BCUT2D eigenvalue weighted by Gasteiger charge is -2.12. The lowest BCUT2D eigenvalue weighted by Crippen LogP contribution is -1.95. The van der Waals surface area contributed by atoms with Crippen LogP contribution in [0.5, 0.6) is 0 Å². The maximum Gasteiger partial charge on any atom is 0.0790 e. The summed E-state index contributed by atoms with van der Waals surface area (Å²) in [4.78, 5) is 13.9. The molecule has 3 aromatic heterocycles. The summed E-state index contributed by atoms with van der Waals surface area (Å²) in [7, 11) is 0. The Labute approximate surface area is 200 Å². The van der Waals surface area contributed by atoms with E-state index in [4.69, 9.17) is 9.97 Å². The van der Waals surface area contributed by atoms with Gasteiger partial charge in [0.15, 0.2) is 0 Å². The molecule has 0 aliphatic heterocycles. The van der Waals surface area contributed by atoms with Crippen LogP contribution >= 0.6 is 0 Å². The van der Waals surface area contributed by atoms with Gasteiger partial charge in [-0.1, -0.05) is 66.7 Å². The number of hydrogen-bond donors (Lipinski definition) is 0. The van der Waals surface area contributed by atoms with Gasteiger partial charge in [0.1, 0.15) is 0 Å². The first kappa shape index (κ1) is 21.5. The zero-order valence-electron chi connectivity index (χ0n) is 19.3. The van der Waals surface area contributed by atoms with Gasteiger partial charge in [-0.2, -0.15) is 0 Å². The van der Waals surface area contributed by atoms with E-state index in [1.807, 2.05) is 48.9 Å². The van der Waals surface area contributed by atoms with Crippen molar-refractivity contribution in [1.29, 1.82) is 0 Å². The quantitative estimate of drug-likeness (QED) is 0.282. The lowest BCUT2D eigenvalue weighted by atomic mass is 9.97. The lowest BCUT2D eigenvalue weighted by molar-refractivity contribution is 1.22. The number of hydrogen-bond acceptors (Lipinski definition) is 3. The van der Waals surface area contributed by atoms with Crippen molar-refractivity contribution in [2.75, 3.05) is 0 Å². The molecule has 0 N–H and O–H groups in total. The number of aromatic nitrogens is 3. The molecule has 0 bridgehead atoms. The van der Waals surface area contributed by atoms with E-state index >= 15 is 0 Å². The second kappa shape index (κ2) is 9.63. The molecular weight excluding hydrogens is 414 g/mol. The number of pyridine rings is 3. The third kappa shape index (κ3) is 4.55. The Bertz CT molecular complexity index is 1460. The molecule has 0 radical (unpaired) electrons. The molecule has 3 nitrogen and oxygen atoms in total. The van der Waals surface area contributed by atoms with Gasteiger partial charge in [-0.15, -0.1) is 0 Å². The van der Waals surface area contributed by atoms with E-state index < -0.39 is 0 Å². The van der Waals surface area contributed by atoms with Crippen LogP contribution in [0.1, 0.15) is 22.3 Å². The van der Waals surface area contributed by atoms with Crippen molar-refractivity contribution in [2.24, 2.45) is 0 Å². The topological polar surface area (TPSA) is 38.7 Å². The normalized spacial score (nSPS) is 11.1. The molecule has 164 valence electrons. The molecule has 0 atom stereocenters. The van der Waals surface area contributed by atoms with E-state index in [0.29, 0.717) is 0 Å². The Kier molecular flexibility index (Phi) is 6.09. The predicted molar refractivity (Wildman–Crippen MR) is 141 cm³/mol. The van der Waals surface area contributed by atoms with Gasteiger partial charge < -0.3 is 0 Å². The minimum absolute atomic E-state index is 0.915. The van der Waals surface area contributed by atoms with Gasteiger partial charge in [0, 0.05) is 47.0 Å². The maximum absolute atomic E-state index is 4.92. The van der Waals surface area contributed by atoms with Crippen LogP contribution < -0.4 is 0 Å². The molecule has 3 heteroatoms. The highest BCUT2D eigenvalue weighted by atomic mass is 14.7. The van der Waals surface area contributed by atoms with Crippen LogP contribution in [-0.2, 0) is 0 Å². The zero-order valence-corrected chi connectivity index (χ0v) is 19.3. The number of rotatable bonds is 5. The molecule has 0 amide bonds. The fourth-order valence-electron chi connectivity index (χ4n) is 4.15. The van der Waals surface area contributed by atoms with Gasteiger partial charge in [-0.25, -0.2) is 0 Å². The van der Waals surface area contributed by atoms with Crippen molar-refractivity contribution in [3.05, 3.63) is 126 Å². The number of nitrogens with zero attached hydrogens (tertiary/aromatic N) is 3. The highest BCUT2D eigenvalue weighted by Gasteiger charge is 2.12. The molecular formula is C31H25N3. The first-order valence-corrected chi connectivity index (χ1v) is 11.4. The average molecular weight is 440 g/mol. The first-order chi connectivity index (χ1) is 16.7. The van der Waals surface area contributed by atoms with Crippen LogP contribution in [0.4, 0.5) is 0 Å². The molecule has 2 aromatic carbocycles. The summed E-state index contributed by atoms with van der Waals surface area (Å²) < 4.78 is 0. The fraction of sp³-hybridized carbons (Fsp3) is 0.0645. The molecule has 0 aliphatic carbocycles. The largest absolute Gasteiger partial charge is 0.264 e. The van der Waals surface area contributed by atoms with Crippen molar-refractivity contribution in [2.45, 2.75) is 13.8 Å². The van der Waals surface area contributed by atoms with E-state index in [0.717, 1.165) is 44.8 Å². The van der Waals surface area contributed by atoms with E-state index in [1.54, 1.807) is 6.20 Å². The van der Waals surface area contributed by atoms with Crippen molar-refractivity contribution in [1.82, 2.24) is 15.0 Å². The van der Waals surface area contributed by atoms with Crippen LogP contribution in [0, 0.1) is 13.8 Å². The Morgan fingerprint density at radius 1 is 0.588 bits per heavy atom. The highest BCUT2D eigenvalue weighted by Crippen LogP contribution is 2.31. The van der Waals surface area contributed by atoms with Gasteiger partial charge in [0.25, 0.3) is 0 Å². The van der Waals surface area contributed by atoms with Crippen LogP contribution in [-0.4, -0.2) is 15.0 Å². The molecule has 0 fully saturated rings. The van der Waals surface area contributed by atoms with E-state index in [9.17, 15) is 0 Å². The summed E-state index contributed by atoms with van der Waals surface area (Å²) in [6.07, 6.45) is 11.8. The van der Waals surface area contributed by atoms with Crippen molar-refractivity contribution in [3.8, 4) is 33.6 Å². The van der Waals surface area contributed by atoms with E-state index in [2.05, 4.69) is 79.5 Å². The van der Waals surface area contributed by atoms with Gasteiger partial charge in [-0.05, 0) is 60.4 Å². The monoisotopic (exact) mass is 439 g/mol. The third-order valence-electron chi connectivity index (χ3n) is 5.91. The SMILES string of the molecule is Cc1ccccc1-c1cnc(-c2cnc(-c3cccnc3)c(C)c2)c(/C=C/c2ccccc2)c1. The summed E-state index contributed by atoms with van der Waals surface area (Å²) in [5.41, 5.74) is 10.7. The second-order valence-electron chi connectivity index (χ2n) is 8.35. The summed E-state index contributed by atoms with van der Waals surface area (Å²) >= 11 is 0. The average Bonchev–Trinajstić information content (AvgIpc) is 2.89. The first-order valence-electron chi connectivity index (χ1n) is 11.4. The van der Waals surface area contributed by atoms with Crippen LogP contribution in [0.2, 0.25) is 0 Å². The summed E-state index contributed by atoms with van der Waals surface area (Å²) in [6.45, 7) is 4.22. The van der Waals surface area contributed by atoms with E-state index in [1.165, 1.54) is 11.1 Å². The molecule has 0 saturated carbocycles. The minimum atomic E-state index is 0.915. The standard InChI is InChI=1S/C31H25N3/c1-22-9-6-7-13-29(22)27-18-25(15-14-24-10-4-3-5-11-24)31(34-20-27)28-17-23(2)30(33-21-28)26-12-8-16-32-19-26/h3-21H,1-2H3/b15-14+. The Balaban J connectivity index is 1.60. The van der Waals surface area contributed by atoms with Gasteiger partial charge in [0.05, 0.1) is 11.4 Å². The Hall–Kier alpha value is -4.37. The smallest absolute Gasteiger partial charge is 0.0790 e. The molecule has 0 saturated heterocycles. The third-order valence-corrected chi connectivity index (χ3v) is 5.91. The van der Waals surface area contributed by atoms with Crippen molar-refractivity contribution >= 4 is 12.2 Å². The summed E-state index contributed by atoms with van der Waals surface area (Å²) in [6, 6.07) is 27.1. The molecule has 5 rings (SSSR count). The van der Waals surface area contributed by atoms with Crippen molar-refractivity contribution in [3.63, 3.8) is 0 Å². The second-order valence-corrected chi connectivity index (χ2v) is 8.35.